The molecule has 1 aromatic rings. The van der Waals surface area contributed by atoms with Gasteiger partial charge in [0.2, 0.25) is 0 Å². The summed E-state index contributed by atoms with van der Waals surface area (Å²) >= 11 is 11.7. The molecule has 0 aliphatic rings. The van der Waals surface area contributed by atoms with E-state index in [1.54, 1.807) is 18.2 Å². The summed E-state index contributed by atoms with van der Waals surface area (Å²) in [7, 11) is 0. The molecule has 0 saturated heterocycles. The predicted molar refractivity (Wildman–Crippen MR) is 82.2 cm³/mol. The lowest BCUT2D eigenvalue weighted by atomic mass is 10.1. The van der Waals surface area contributed by atoms with E-state index in [1.807, 2.05) is 6.92 Å². The van der Waals surface area contributed by atoms with Crippen LogP contribution >= 0.6 is 23.2 Å². The predicted octanol–water partition coefficient (Wildman–Crippen LogP) is 5.08. The van der Waals surface area contributed by atoms with Gasteiger partial charge in [-0.3, -0.25) is 0 Å². The van der Waals surface area contributed by atoms with E-state index in [4.69, 9.17) is 23.2 Å². The second kappa shape index (κ2) is 8.28. The Morgan fingerprint density at radius 2 is 2.00 bits per heavy atom. The lowest BCUT2D eigenvalue weighted by Crippen LogP contribution is -2.36. The molecule has 0 aromatic heterocycles. The highest BCUT2D eigenvalue weighted by molar-refractivity contribution is 6.42. The molecule has 0 bridgehead atoms. The summed E-state index contributed by atoms with van der Waals surface area (Å²) in [6, 6.07) is 4.95. The number of anilines is 1. The monoisotopic (exact) mass is 302 g/mol. The first kappa shape index (κ1) is 16.1. The number of rotatable bonds is 6. The zero-order valence-corrected chi connectivity index (χ0v) is 12.8. The van der Waals surface area contributed by atoms with Crippen molar-refractivity contribution >= 4 is 34.9 Å². The van der Waals surface area contributed by atoms with Gasteiger partial charge in [0.05, 0.1) is 10.0 Å². The van der Waals surface area contributed by atoms with Crippen LogP contribution in [0.2, 0.25) is 10.0 Å². The number of carbonyl (C=O) groups excluding carboxylic acids is 1. The first-order valence-corrected chi connectivity index (χ1v) is 7.31. The number of hydrogen-bond donors (Lipinski definition) is 2. The van der Waals surface area contributed by atoms with Gasteiger partial charge < -0.3 is 10.6 Å². The third-order valence-corrected chi connectivity index (χ3v) is 3.53. The van der Waals surface area contributed by atoms with Gasteiger partial charge in [-0.05, 0) is 31.5 Å². The second-order valence-electron chi connectivity index (χ2n) is 4.62. The van der Waals surface area contributed by atoms with Gasteiger partial charge >= 0.3 is 6.03 Å². The minimum absolute atomic E-state index is 0.161. The molecule has 2 amide bonds. The molecule has 106 valence electrons. The minimum Gasteiger partial charge on any atom is -0.335 e. The molecular formula is C14H20Cl2N2O. The topological polar surface area (TPSA) is 41.1 Å². The number of carbonyl (C=O) groups is 1. The van der Waals surface area contributed by atoms with E-state index in [9.17, 15) is 4.79 Å². The van der Waals surface area contributed by atoms with E-state index in [1.165, 1.54) is 12.8 Å². The summed E-state index contributed by atoms with van der Waals surface area (Å²) in [4.78, 5) is 11.8. The Balaban J connectivity index is 2.39. The zero-order chi connectivity index (χ0) is 14.3. The van der Waals surface area contributed by atoms with Crippen molar-refractivity contribution in [2.24, 2.45) is 0 Å². The highest BCUT2D eigenvalue weighted by Crippen LogP contribution is 2.24. The molecule has 0 aliphatic carbocycles. The summed E-state index contributed by atoms with van der Waals surface area (Å²) in [5.74, 6) is 0. The van der Waals surface area contributed by atoms with Crippen LogP contribution in [0.1, 0.15) is 39.5 Å². The first-order valence-electron chi connectivity index (χ1n) is 6.55. The fraction of sp³-hybridized carbons (Fsp3) is 0.500. The normalized spacial score (nSPS) is 12.0. The largest absolute Gasteiger partial charge is 0.335 e. The first-order chi connectivity index (χ1) is 9.02. The molecule has 0 heterocycles. The molecule has 0 fully saturated rings. The lowest BCUT2D eigenvalue weighted by molar-refractivity contribution is 0.248. The molecule has 0 unspecified atom stereocenters. The van der Waals surface area contributed by atoms with E-state index in [0.717, 1.165) is 12.8 Å². The molecule has 1 rings (SSSR count). The average Bonchev–Trinajstić information content (AvgIpc) is 2.34. The van der Waals surface area contributed by atoms with Crippen LogP contribution in [0.4, 0.5) is 10.5 Å². The van der Waals surface area contributed by atoms with Crippen LogP contribution in [0.5, 0.6) is 0 Å². The summed E-state index contributed by atoms with van der Waals surface area (Å²) in [6.07, 6.45) is 4.50. The van der Waals surface area contributed by atoms with Crippen molar-refractivity contribution in [2.75, 3.05) is 5.32 Å². The quantitative estimate of drug-likeness (QED) is 0.707. The number of nitrogens with one attached hydrogen (secondary N) is 2. The molecule has 1 aromatic carbocycles. The molecule has 0 saturated carbocycles. The maximum Gasteiger partial charge on any atom is 0.319 e. The van der Waals surface area contributed by atoms with Gasteiger partial charge in [-0.2, -0.15) is 0 Å². The van der Waals surface area contributed by atoms with Gasteiger partial charge in [0.25, 0.3) is 0 Å². The summed E-state index contributed by atoms with van der Waals surface area (Å²) in [5, 5.41) is 6.53. The molecule has 19 heavy (non-hydrogen) atoms. The van der Waals surface area contributed by atoms with Crippen molar-refractivity contribution in [3.63, 3.8) is 0 Å². The summed E-state index contributed by atoms with van der Waals surface area (Å²) < 4.78 is 0. The molecule has 5 heteroatoms. The van der Waals surface area contributed by atoms with E-state index >= 15 is 0 Å². The number of unbranched alkanes of at least 4 members (excludes halogenated alkanes) is 2. The maximum atomic E-state index is 11.8. The van der Waals surface area contributed by atoms with Crippen molar-refractivity contribution in [1.29, 1.82) is 0 Å². The van der Waals surface area contributed by atoms with Crippen LogP contribution in [0, 0.1) is 0 Å². The number of amides is 2. The number of hydrogen-bond acceptors (Lipinski definition) is 1. The highest BCUT2D eigenvalue weighted by atomic mass is 35.5. The average molecular weight is 303 g/mol. The van der Waals surface area contributed by atoms with Crippen molar-refractivity contribution in [3.8, 4) is 0 Å². The standard InChI is InChI=1S/C14H20Cl2N2O/c1-3-4-5-6-10(2)17-14(19)18-11-7-8-12(15)13(16)9-11/h7-10H,3-6H2,1-2H3,(H2,17,18,19)/t10-/m1/s1. The third kappa shape index (κ3) is 6.17. The number of urea groups is 1. The third-order valence-electron chi connectivity index (χ3n) is 2.80. The Kier molecular flexibility index (Phi) is 7.03. The van der Waals surface area contributed by atoms with Crippen LogP contribution < -0.4 is 10.6 Å². The van der Waals surface area contributed by atoms with E-state index in [-0.39, 0.29) is 12.1 Å². The zero-order valence-electron chi connectivity index (χ0n) is 11.3. The maximum absolute atomic E-state index is 11.8. The Hall–Kier alpha value is -0.930. The highest BCUT2D eigenvalue weighted by Gasteiger charge is 2.08. The van der Waals surface area contributed by atoms with Crippen LogP contribution in [-0.4, -0.2) is 12.1 Å². The van der Waals surface area contributed by atoms with Gasteiger partial charge in [-0.25, -0.2) is 4.79 Å². The van der Waals surface area contributed by atoms with Crippen molar-refractivity contribution in [2.45, 2.75) is 45.6 Å². The summed E-state index contributed by atoms with van der Waals surface area (Å²) in [6.45, 7) is 4.17. The molecule has 3 nitrogen and oxygen atoms in total. The number of benzene rings is 1. The fourth-order valence-corrected chi connectivity index (χ4v) is 2.04. The smallest absolute Gasteiger partial charge is 0.319 e. The van der Waals surface area contributed by atoms with E-state index in [2.05, 4.69) is 17.6 Å². The van der Waals surface area contributed by atoms with Gasteiger partial charge in [0, 0.05) is 11.7 Å². The van der Waals surface area contributed by atoms with Crippen LogP contribution in [0.15, 0.2) is 18.2 Å². The lowest BCUT2D eigenvalue weighted by Gasteiger charge is -2.14. The minimum atomic E-state index is -0.220. The van der Waals surface area contributed by atoms with Gasteiger partial charge in [0.1, 0.15) is 0 Å². The SMILES string of the molecule is CCCCC[C@@H](C)NC(=O)Nc1ccc(Cl)c(Cl)c1. The molecule has 1 atom stereocenters. The van der Waals surface area contributed by atoms with E-state index < -0.39 is 0 Å². The van der Waals surface area contributed by atoms with E-state index in [0.29, 0.717) is 15.7 Å². The van der Waals surface area contributed by atoms with Crippen molar-refractivity contribution in [3.05, 3.63) is 28.2 Å². The Labute approximate surface area is 124 Å². The van der Waals surface area contributed by atoms with Crippen LogP contribution in [0.25, 0.3) is 0 Å². The molecule has 0 spiro atoms. The van der Waals surface area contributed by atoms with Crippen LogP contribution in [0.3, 0.4) is 0 Å². The molecule has 0 radical (unpaired) electrons. The van der Waals surface area contributed by atoms with Gasteiger partial charge in [-0.15, -0.1) is 0 Å². The molecule has 0 aliphatic heterocycles. The summed E-state index contributed by atoms with van der Waals surface area (Å²) in [5.41, 5.74) is 0.632. The Morgan fingerprint density at radius 3 is 2.63 bits per heavy atom. The molecule has 2 N–H and O–H groups in total. The van der Waals surface area contributed by atoms with Crippen LogP contribution in [-0.2, 0) is 0 Å². The fourth-order valence-electron chi connectivity index (χ4n) is 1.74. The van der Waals surface area contributed by atoms with Crippen molar-refractivity contribution in [1.82, 2.24) is 5.32 Å². The van der Waals surface area contributed by atoms with Gasteiger partial charge in [-0.1, -0.05) is 49.4 Å². The Morgan fingerprint density at radius 1 is 1.26 bits per heavy atom. The Bertz CT molecular complexity index is 424. The molecular weight excluding hydrogens is 283 g/mol. The second-order valence-corrected chi connectivity index (χ2v) is 5.44. The van der Waals surface area contributed by atoms with Gasteiger partial charge in [0.15, 0.2) is 0 Å². The van der Waals surface area contributed by atoms with Crippen molar-refractivity contribution < 1.29 is 4.79 Å². The number of halogens is 2.